The number of hydrogen-bond acceptors (Lipinski definition) is 3. The third kappa shape index (κ3) is 3.96. The molecule has 0 bridgehead atoms. The molecule has 0 spiro atoms. The highest BCUT2D eigenvalue weighted by atomic mass is 16.5. The van der Waals surface area contributed by atoms with Crippen LogP contribution < -0.4 is 5.32 Å². The first-order valence-electron chi connectivity index (χ1n) is 6.88. The summed E-state index contributed by atoms with van der Waals surface area (Å²) in [6, 6.07) is 0.553. The summed E-state index contributed by atoms with van der Waals surface area (Å²) in [6.07, 6.45) is 6.21. The first kappa shape index (κ1) is 12.8. The zero-order valence-corrected chi connectivity index (χ0v) is 10.8. The SMILES string of the molecule is CC1CCCCN1CC(=O)NCC1CCCO1. The molecule has 0 aromatic rings. The maximum atomic E-state index is 11.8. The van der Waals surface area contributed by atoms with Crippen LogP contribution in [0.4, 0.5) is 0 Å². The van der Waals surface area contributed by atoms with E-state index in [-0.39, 0.29) is 12.0 Å². The highest BCUT2D eigenvalue weighted by Gasteiger charge is 2.21. The highest BCUT2D eigenvalue weighted by Crippen LogP contribution is 2.15. The lowest BCUT2D eigenvalue weighted by molar-refractivity contribution is -0.123. The van der Waals surface area contributed by atoms with E-state index in [4.69, 9.17) is 4.74 Å². The number of likely N-dealkylation sites (tertiary alicyclic amines) is 1. The van der Waals surface area contributed by atoms with E-state index in [1.54, 1.807) is 0 Å². The molecule has 4 nitrogen and oxygen atoms in total. The van der Waals surface area contributed by atoms with Crippen LogP contribution in [0.15, 0.2) is 0 Å². The third-order valence-corrected chi connectivity index (χ3v) is 3.84. The smallest absolute Gasteiger partial charge is 0.234 e. The molecule has 2 saturated heterocycles. The van der Waals surface area contributed by atoms with E-state index in [1.807, 2.05) is 0 Å². The lowest BCUT2D eigenvalue weighted by Gasteiger charge is -2.32. The van der Waals surface area contributed by atoms with Crippen LogP contribution in [0.5, 0.6) is 0 Å². The summed E-state index contributed by atoms with van der Waals surface area (Å²) in [5.41, 5.74) is 0. The Morgan fingerprint density at radius 3 is 2.94 bits per heavy atom. The van der Waals surface area contributed by atoms with Crippen molar-refractivity contribution < 1.29 is 9.53 Å². The van der Waals surface area contributed by atoms with E-state index in [0.29, 0.717) is 19.1 Å². The second kappa shape index (κ2) is 6.36. The minimum absolute atomic E-state index is 0.147. The minimum Gasteiger partial charge on any atom is -0.376 e. The molecule has 2 fully saturated rings. The van der Waals surface area contributed by atoms with Gasteiger partial charge in [-0.3, -0.25) is 9.69 Å². The largest absolute Gasteiger partial charge is 0.376 e. The first-order valence-corrected chi connectivity index (χ1v) is 6.88. The van der Waals surface area contributed by atoms with Crippen molar-refractivity contribution in [1.82, 2.24) is 10.2 Å². The molecule has 2 aliphatic rings. The molecular weight excluding hydrogens is 216 g/mol. The van der Waals surface area contributed by atoms with Crippen LogP contribution in [0.2, 0.25) is 0 Å². The van der Waals surface area contributed by atoms with Gasteiger partial charge in [0.25, 0.3) is 0 Å². The van der Waals surface area contributed by atoms with Gasteiger partial charge in [0.1, 0.15) is 0 Å². The Bertz CT molecular complexity index is 252. The summed E-state index contributed by atoms with van der Waals surface area (Å²) >= 11 is 0. The molecule has 0 aromatic heterocycles. The summed E-state index contributed by atoms with van der Waals surface area (Å²) in [6.45, 7) is 5.36. The van der Waals surface area contributed by atoms with Gasteiger partial charge in [0.2, 0.25) is 5.91 Å². The molecule has 2 atom stereocenters. The van der Waals surface area contributed by atoms with Gasteiger partial charge in [0, 0.05) is 19.2 Å². The number of ether oxygens (including phenoxy) is 1. The van der Waals surface area contributed by atoms with Crippen LogP contribution >= 0.6 is 0 Å². The van der Waals surface area contributed by atoms with Gasteiger partial charge in [0.05, 0.1) is 12.6 Å². The molecule has 0 aromatic carbocycles. The van der Waals surface area contributed by atoms with Gasteiger partial charge in [-0.15, -0.1) is 0 Å². The van der Waals surface area contributed by atoms with E-state index < -0.39 is 0 Å². The van der Waals surface area contributed by atoms with E-state index >= 15 is 0 Å². The maximum absolute atomic E-state index is 11.8. The fraction of sp³-hybridized carbons (Fsp3) is 0.923. The Hall–Kier alpha value is -0.610. The molecule has 0 aliphatic carbocycles. The van der Waals surface area contributed by atoms with Crippen molar-refractivity contribution in [2.24, 2.45) is 0 Å². The van der Waals surface area contributed by atoms with E-state index in [1.165, 1.54) is 19.3 Å². The molecule has 0 radical (unpaired) electrons. The van der Waals surface area contributed by atoms with Crippen LogP contribution in [-0.4, -0.2) is 49.2 Å². The van der Waals surface area contributed by atoms with E-state index in [0.717, 1.165) is 26.0 Å². The van der Waals surface area contributed by atoms with Gasteiger partial charge in [-0.05, 0) is 39.2 Å². The number of amides is 1. The molecule has 1 amide bonds. The average Bonchev–Trinajstić information content (AvgIpc) is 2.82. The molecule has 17 heavy (non-hydrogen) atoms. The standard InChI is InChI=1S/C13H24N2O2/c1-11-5-2-3-7-15(11)10-13(16)14-9-12-6-4-8-17-12/h11-12H,2-10H2,1H3,(H,14,16). The third-order valence-electron chi connectivity index (χ3n) is 3.84. The number of rotatable bonds is 4. The number of nitrogens with zero attached hydrogens (tertiary/aromatic N) is 1. The highest BCUT2D eigenvalue weighted by molar-refractivity contribution is 5.78. The first-order chi connectivity index (χ1) is 8.25. The van der Waals surface area contributed by atoms with Crippen LogP contribution in [0.1, 0.15) is 39.0 Å². The van der Waals surface area contributed by atoms with Gasteiger partial charge in [0.15, 0.2) is 0 Å². The van der Waals surface area contributed by atoms with Crippen molar-refractivity contribution in [3.63, 3.8) is 0 Å². The van der Waals surface area contributed by atoms with Crippen LogP contribution in [0.25, 0.3) is 0 Å². The molecule has 98 valence electrons. The lowest BCUT2D eigenvalue weighted by Crippen LogP contribution is -2.45. The van der Waals surface area contributed by atoms with Crippen molar-refractivity contribution in [2.45, 2.75) is 51.2 Å². The van der Waals surface area contributed by atoms with Crippen molar-refractivity contribution in [3.8, 4) is 0 Å². The average molecular weight is 240 g/mol. The van der Waals surface area contributed by atoms with Crippen molar-refractivity contribution in [3.05, 3.63) is 0 Å². The summed E-state index contributed by atoms with van der Waals surface area (Å²) in [4.78, 5) is 14.1. The summed E-state index contributed by atoms with van der Waals surface area (Å²) in [7, 11) is 0. The Balaban J connectivity index is 1.65. The van der Waals surface area contributed by atoms with E-state index in [2.05, 4.69) is 17.1 Å². The topological polar surface area (TPSA) is 41.6 Å². The normalized spacial score (nSPS) is 30.4. The van der Waals surface area contributed by atoms with Gasteiger partial charge in [-0.1, -0.05) is 6.42 Å². The molecule has 2 aliphatic heterocycles. The Labute approximate surface area is 104 Å². The maximum Gasteiger partial charge on any atom is 0.234 e. The number of nitrogens with one attached hydrogen (secondary N) is 1. The molecule has 2 rings (SSSR count). The van der Waals surface area contributed by atoms with Gasteiger partial charge >= 0.3 is 0 Å². The Morgan fingerprint density at radius 1 is 1.35 bits per heavy atom. The van der Waals surface area contributed by atoms with Crippen molar-refractivity contribution in [2.75, 3.05) is 26.2 Å². The molecule has 1 N–H and O–H groups in total. The predicted octanol–water partition coefficient (Wildman–Crippen LogP) is 1.16. The fourth-order valence-corrected chi connectivity index (χ4v) is 2.67. The monoisotopic (exact) mass is 240 g/mol. The van der Waals surface area contributed by atoms with Crippen LogP contribution in [0.3, 0.4) is 0 Å². The molecular formula is C13H24N2O2. The number of carbonyl (C=O) groups excluding carboxylic acids is 1. The zero-order chi connectivity index (χ0) is 12.1. The minimum atomic E-state index is 0.147. The number of carbonyl (C=O) groups is 1. The second-order valence-electron chi connectivity index (χ2n) is 5.25. The number of piperidine rings is 1. The lowest BCUT2D eigenvalue weighted by atomic mass is 10.0. The van der Waals surface area contributed by atoms with Crippen LogP contribution in [0, 0.1) is 0 Å². The van der Waals surface area contributed by atoms with Gasteiger partial charge < -0.3 is 10.1 Å². The van der Waals surface area contributed by atoms with Crippen molar-refractivity contribution >= 4 is 5.91 Å². The van der Waals surface area contributed by atoms with Gasteiger partial charge in [-0.2, -0.15) is 0 Å². The second-order valence-corrected chi connectivity index (χ2v) is 5.25. The van der Waals surface area contributed by atoms with Crippen molar-refractivity contribution in [1.29, 1.82) is 0 Å². The fourth-order valence-electron chi connectivity index (χ4n) is 2.67. The molecule has 4 heteroatoms. The summed E-state index contributed by atoms with van der Waals surface area (Å²) < 4.78 is 5.49. The molecule has 2 heterocycles. The zero-order valence-electron chi connectivity index (χ0n) is 10.8. The van der Waals surface area contributed by atoms with Crippen LogP contribution in [-0.2, 0) is 9.53 Å². The van der Waals surface area contributed by atoms with E-state index in [9.17, 15) is 4.79 Å². The van der Waals surface area contributed by atoms with Gasteiger partial charge in [-0.25, -0.2) is 0 Å². The predicted molar refractivity (Wildman–Crippen MR) is 66.9 cm³/mol. The Kier molecular flexibility index (Phi) is 4.80. The summed E-state index contributed by atoms with van der Waals surface area (Å²) in [5.74, 6) is 0.147. The summed E-state index contributed by atoms with van der Waals surface area (Å²) in [5, 5.41) is 2.99. The quantitative estimate of drug-likeness (QED) is 0.801. The Morgan fingerprint density at radius 2 is 2.24 bits per heavy atom. The molecule has 2 unspecified atom stereocenters. The number of hydrogen-bond donors (Lipinski definition) is 1. The molecule has 0 saturated carbocycles.